The molecule has 0 amide bonds. The van der Waals surface area contributed by atoms with Gasteiger partial charge in [0.2, 0.25) is 0 Å². The molecule has 0 aromatic rings. The molecular formula is C9H14O3S. The summed E-state index contributed by atoms with van der Waals surface area (Å²) in [5.41, 5.74) is 0. The molecule has 3 nitrogen and oxygen atoms in total. The third-order valence-corrected chi connectivity index (χ3v) is 4.99. The van der Waals surface area contributed by atoms with Crippen molar-refractivity contribution < 1.29 is 13.2 Å². The first-order valence-corrected chi connectivity index (χ1v) is 6.60. The molecule has 4 heteroatoms. The number of carbonyl (C=O) groups is 1. The van der Waals surface area contributed by atoms with Gasteiger partial charge in [0.05, 0.1) is 11.5 Å². The van der Waals surface area contributed by atoms with Crippen LogP contribution in [0.15, 0.2) is 0 Å². The quantitative estimate of drug-likeness (QED) is 0.618. The van der Waals surface area contributed by atoms with E-state index >= 15 is 0 Å². The maximum Gasteiger partial charge on any atom is 0.150 e. The van der Waals surface area contributed by atoms with E-state index in [9.17, 15) is 13.2 Å². The molecule has 2 rings (SSSR count). The molecule has 74 valence electrons. The molecule has 0 aromatic carbocycles. The molecule has 0 unspecified atom stereocenters. The zero-order chi connectivity index (χ0) is 9.47. The normalized spacial score (nSPS) is 38.5. The molecule has 1 saturated heterocycles. The lowest BCUT2D eigenvalue weighted by atomic mass is 9.96. The second-order valence-electron chi connectivity index (χ2n) is 4.19. The van der Waals surface area contributed by atoms with Gasteiger partial charge >= 0.3 is 0 Å². The zero-order valence-corrected chi connectivity index (χ0v) is 8.29. The van der Waals surface area contributed by atoms with Crippen LogP contribution in [0.25, 0.3) is 0 Å². The van der Waals surface area contributed by atoms with Crippen molar-refractivity contribution in [2.24, 2.45) is 17.8 Å². The number of rotatable bonds is 2. The van der Waals surface area contributed by atoms with Gasteiger partial charge in [-0.15, -0.1) is 0 Å². The largest absolute Gasteiger partial charge is 0.303 e. The molecule has 0 spiro atoms. The smallest absolute Gasteiger partial charge is 0.150 e. The lowest BCUT2D eigenvalue weighted by molar-refractivity contribution is -0.109. The van der Waals surface area contributed by atoms with Crippen molar-refractivity contribution in [2.45, 2.75) is 19.3 Å². The summed E-state index contributed by atoms with van der Waals surface area (Å²) >= 11 is 0. The van der Waals surface area contributed by atoms with Crippen molar-refractivity contribution in [2.75, 3.05) is 11.5 Å². The van der Waals surface area contributed by atoms with Crippen molar-refractivity contribution in [3.05, 3.63) is 0 Å². The highest BCUT2D eigenvalue weighted by atomic mass is 32.2. The highest BCUT2D eigenvalue weighted by Gasteiger charge is 2.44. The van der Waals surface area contributed by atoms with Crippen molar-refractivity contribution in [1.29, 1.82) is 0 Å². The first-order valence-electron chi connectivity index (χ1n) is 4.78. The molecular weight excluding hydrogens is 188 g/mol. The van der Waals surface area contributed by atoms with Crippen molar-refractivity contribution >= 4 is 16.1 Å². The average molecular weight is 202 g/mol. The third-order valence-electron chi connectivity index (χ3n) is 3.27. The Hall–Kier alpha value is -0.380. The molecule has 2 atom stereocenters. The average Bonchev–Trinajstić information content (AvgIpc) is 2.83. The van der Waals surface area contributed by atoms with Crippen LogP contribution in [0.5, 0.6) is 0 Å². The fourth-order valence-corrected chi connectivity index (χ4v) is 3.80. The van der Waals surface area contributed by atoms with E-state index in [1.807, 2.05) is 0 Å². The molecule has 0 bridgehead atoms. The molecule has 0 radical (unpaired) electrons. The number of hydrogen-bond donors (Lipinski definition) is 0. The van der Waals surface area contributed by atoms with Gasteiger partial charge in [0.25, 0.3) is 0 Å². The van der Waals surface area contributed by atoms with Gasteiger partial charge in [-0.2, -0.15) is 0 Å². The summed E-state index contributed by atoms with van der Waals surface area (Å²) in [6.45, 7) is 0. The Morgan fingerprint density at radius 2 is 1.77 bits per heavy atom. The molecule has 1 saturated carbocycles. The fourth-order valence-electron chi connectivity index (χ4n) is 2.27. The van der Waals surface area contributed by atoms with E-state index in [-0.39, 0.29) is 5.92 Å². The third kappa shape index (κ3) is 1.93. The van der Waals surface area contributed by atoms with Gasteiger partial charge in [0.1, 0.15) is 16.1 Å². The van der Waals surface area contributed by atoms with E-state index in [0.29, 0.717) is 23.3 Å². The van der Waals surface area contributed by atoms with E-state index in [0.717, 1.165) is 25.5 Å². The second kappa shape index (κ2) is 3.08. The minimum atomic E-state index is -2.73. The Morgan fingerprint density at radius 3 is 2.23 bits per heavy atom. The molecule has 2 fully saturated rings. The Labute approximate surface area is 78.4 Å². The molecule has 1 aliphatic heterocycles. The van der Waals surface area contributed by atoms with Crippen LogP contribution in [-0.2, 0) is 14.6 Å². The highest BCUT2D eigenvalue weighted by molar-refractivity contribution is 7.91. The second-order valence-corrected chi connectivity index (χ2v) is 6.49. The summed E-state index contributed by atoms with van der Waals surface area (Å²) in [7, 11) is -2.73. The van der Waals surface area contributed by atoms with E-state index in [1.165, 1.54) is 0 Å². The van der Waals surface area contributed by atoms with Gasteiger partial charge in [-0.25, -0.2) is 8.42 Å². The number of aldehydes is 1. The number of sulfone groups is 1. The van der Waals surface area contributed by atoms with Gasteiger partial charge < -0.3 is 4.79 Å². The Bertz CT molecular complexity index is 293. The van der Waals surface area contributed by atoms with E-state index in [2.05, 4.69) is 0 Å². The van der Waals surface area contributed by atoms with Crippen LogP contribution in [0, 0.1) is 17.8 Å². The van der Waals surface area contributed by atoms with Gasteiger partial charge in [-0.1, -0.05) is 0 Å². The lowest BCUT2D eigenvalue weighted by Crippen LogP contribution is -2.24. The Morgan fingerprint density at radius 1 is 1.15 bits per heavy atom. The predicted octanol–water partition coefficient (Wildman–Crippen LogP) is 0.646. The maximum absolute atomic E-state index is 11.1. The van der Waals surface area contributed by atoms with Crippen LogP contribution in [0.2, 0.25) is 0 Å². The topological polar surface area (TPSA) is 51.2 Å². The minimum Gasteiger partial charge on any atom is -0.303 e. The number of carbonyl (C=O) groups excluding carboxylic acids is 1. The van der Waals surface area contributed by atoms with Gasteiger partial charge in [-0.05, 0) is 31.1 Å². The van der Waals surface area contributed by atoms with Crippen molar-refractivity contribution in [3.63, 3.8) is 0 Å². The summed E-state index contributed by atoms with van der Waals surface area (Å²) < 4.78 is 22.2. The SMILES string of the molecule is O=C[C@@H]1C[C@H]1C1CCS(=O)(=O)CC1. The predicted molar refractivity (Wildman–Crippen MR) is 49.0 cm³/mol. The number of hydrogen-bond acceptors (Lipinski definition) is 3. The molecule has 1 heterocycles. The minimum absolute atomic E-state index is 0.241. The standard InChI is InChI=1S/C9H14O3S/c10-6-8-5-9(8)7-1-3-13(11,12)4-2-7/h6-9H,1-5H2/t8-,9-/m0/s1. The zero-order valence-electron chi connectivity index (χ0n) is 7.48. The van der Waals surface area contributed by atoms with Crippen molar-refractivity contribution in [1.82, 2.24) is 0 Å². The van der Waals surface area contributed by atoms with Gasteiger partial charge in [-0.3, -0.25) is 0 Å². The highest BCUT2D eigenvalue weighted by Crippen LogP contribution is 2.46. The van der Waals surface area contributed by atoms with Crippen molar-refractivity contribution in [3.8, 4) is 0 Å². The van der Waals surface area contributed by atoms with Crippen LogP contribution in [0.3, 0.4) is 0 Å². The summed E-state index contributed by atoms with van der Waals surface area (Å²) in [4.78, 5) is 10.4. The lowest BCUT2D eigenvalue weighted by Gasteiger charge is -2.21. The summed E-state index contributed by atoms with van der Waals surface area (Å²) in [6.07, 6.45) is 3.57. The van der Waals surface area contributed by atoms with E-state index in [1.54, 1.807) is 0 Å². The maximum atomic E-state index is 11.1. The van der Waals surface area contributed by atoms with Gasteiger partial charge in [0.15, 0.2) is 0 Å². The fraction of sp³-hybridized carbons (Fsp3) is 0.889. The van der Waals surface area contributed by atoms with Crippen LogP contribution >= 0.6 is 0 Å². The monoisotopic (exact) mass is 202 g/mol. The van der Waals surface area contributed by atoms with Crippen LogP contribution in [0.1, 0.15) is 19.3 Å². The summed E-state index contributed by atoms with van der Waals surface area (Å²) in [6, 6.07) is 0. The van der Waals surface area contributed by atoms with Crippen LogP contribution < -0.4 is 0 Å². The molecule has 2 aliphatic rings. The van der Waals surface area contributed by atoms with E-state index < -0.39 is 9.84 Å². The summed E-state index contributed by atoms with van der Waals surface area (Å²) in [5.74, 6) is 1.91. The Balaban J connectivity index is 1.89. The molecule has 0 N–H and O–H groups in total. The van der Waals surface area contributed by atoms with Crippen LogP contribution in [0.4, 0.5) is 0 Å². The molecule has 0 aromatic heterocycles. The molecule has 13 heavy (non-hydrogen) atoms. The summed E-state index contributed by atoms with van der Waals surface area (Å²) in [5, 5.41) is 0. The van der Waals surface area contributed by atoms with Crippen LogP contribution in [-0.4, -0.2) is 26.2 Å². The van der Waals surface area contributed by atoms with E-state index in [4.69, 9.17) is 0 Å². The first-order chi connectivity index (χ1) is 6.12. The van der Waals surface area contributed by atoms with Gasteiger partial charge in [0, 0.05) is 5.92 Å². The first kappa shape index (κ1) is 9.19. The molecule has 1 aliphatic carbocycles. The Kier molecular flexibility index (Phi) is 2.18.